The first kappa shape index (κ1) is 92.3. The molecule has 1 aliphatic carbocycles. The third kappa shape index (κ3) is 79.1. The van der Waals surface area contributed by atoms with Crippen molar-refractivity contribution in [1.29, 1.82) is 0 Å². The Hall–Kier alpha value is -3.16. The molecule has 0 aromatic carbocycles. The number of terminal acetylenes is 1. The Bertz CT molecular complexity index is 1380. The standard InChI is InChI=1S/C26H53N.C20H29N3.C11H22.C5H12.C3H6.4C2H6.C2H2/c1-3-5-7-9-11-12-13-14-15-16-17-18-20-22-24-26-27-25-23-21-19-10-8-6-4-2;1-5-7-8-9-12-15(3)22-20-19(21-6-2)16(4)17-13-10-11-14-18(17)23-20;1-3-5-7-9-11-10-8-6-4-2;1-4-5(2)3;1-3-2;5*1-2/h12-13,27H,3-11,14-26H2,1-2H3;6,10,13H,3,5,7-9,11-12,14H2,1-2,4H3,(H,22,23);7,9H,3-6,8,10-11H2,1-2H3;5H,4H2,1-3H3;3H,1H2,2H3;4*1-2H3;1-2H/b13-12+;;9-7+;;;;;;;. The van der Waals surface area contributed by atoms with Crippen LogP contribution in [-0.4, -0.2) is 24.3 Å². The first-order valence-electron chi connectivity index (χ1n) is 34.2. The van der Waals surface area contributed by atoms with Crippen LogP contribution in [0, 0.1) is 25.7 Å². The molecule has 0 atom stereocenters. The molecular formula is C75H148N4. The Morgan fingerprint density at radius 1 is 0.570 bits per heavy atom. The lowest BCUT2D eigenvalue weighted by molar-refractivity contribution is 0.535. The molecule has 1 aromatic rings. The number of nitrogens with one attached hydrogen (secondary N) is 2. The highest BCUT2D eigenvalue weighted by Crippen LogP contribution is 2.35. The van der Waals surface area contributed by atoms with Crippen LogP contribution in [0.4, 0.5) is 11.5 Å². The molecule has 0 saturated carbocycles. The fourth-order valence-corrected chi connectivity index (χ4v) is 7.72. The van der Waals surface area contributed by atoms with Gasteiger partial charge in [-0.1, -0.05) is 301 Å². The molecule has 4 nitrogen and oxygen atoms in total. The second-order valence-electron chi connectivity index (χ2n) is 19.9. The highest BCUT2D eigenvalue weighted by molar-refractivity contribution is 5.78. The molecule has 79 heavy (non-hydrogen) atoms. The molecule has 0 unspecified atom stereocenters. The summed E-state index contributed by atoms with van der Waals surface area (Å²) in [7, 11) is 0. The van der Waals surface area contributed by atoms with Crippen LogP contribution < -0.4 is 10.6 Å². The van der Waals surface area contributed by atoms with Crippen LogP contribution in [0.2, 0.25) is 0 Å². The summed E-state index contributed by atoms with van der Waals surface area (Å²) in [5.41, 5.74) is 5.57. The fraction of sp³-hybridized carbons (Fsp3) is 0.760. The Labute approximate surface area is 502 Å². The molecule has 1 aromatic heterocycles. The molecule has 2 rings (SSSR count). The summed E-state index contributed by atoms with van der Waals surface area (Å²) >= 11 is 0. The van der Waals surface area contributed by atoms with E-state index in [9.17, 15) is 0 Å². The SMILES string of the molecule is C#C.C=C(CCCCCC)Nc1nc2c(c(C)c1N=CC)C=CCC2.C=CC.CC.CC.CC.CC.CCC(C)C.CCC/C=C/CCCCCC.CCCCCC/C=C/CCCCCCCCCNCCCCCCCCC. The van der Waals surface area contributed by atoms with Crippen LogP contribution in [-0.2, 0) is 6.42 Å². The number of pyridine rings is 1. The van der Waals surface area contributed by atoms with E-state index in [1.54, 1.807) is 6.08 Å². The van der Waals surface area contributed by atoms with E-state index in [4.69, 9.17) is 4.98 Å². The van der Waals surface area contributed by atoms with Crippen molar-refractivity contribution in [2.45, 2.75) is 356 Å². The predicted octanol–water partition coefficient (Wildman–Crippen LogP) is 26.9. The van der Waals surface area contributed by atoms with E-state index in [1.165, 1.54) is 235 Å². The number of aliphatic imine (C=N–C) groups is 1. The summed E-state index contributed by atoms with van der Waals surface area (Å²) in [6.45, 7) is 49.9. The van der Waals surface area contributed by atoms with Crippen LogP contribution in [0.1, 0.15) is 360 Å². The van der Waals surface area contributed by atoms with E-state index in [0.29, 0.717) is 0 Å². The lowest BCUT2D eigenvalue weighted by Crippen LogP contribution is -2.16. The average molecular weight is 1110 g/mol. The molecule has 0 radical (unpaired) electrons. The van der Waals surface area contributed by atoms with Gasteiger partial charge >= 0.3 is 0 Å². The Morgan fingerprint density at radius 2 is 0.924 bits per heavy atom. The molecule has 0 spiro atoms. The minimum atomic E-state index is 0.857. The maximum absolute atomic E-state index is 4.84. The van der Waals surface area contributed by atoms with Gasteiger partial charge in [-0.3, -0.25) is 4.99 Å². The van der Waals surface area contributed by atoms with Gasteiger partial charge in [0.25, 0.3) is 0 Å². The average Bonchev–Trinajstić information content (AvgIpc) is 3.48. The third-order valence-electron chi connectivity index (χ3n) is 12.5. The van der Waals surface area contributed by atoms with E-state index in [2.05, 4.69) is 140 Å². The van der Waals surface area contributed by atoms with Gasteiger partial charge in [0.05, 0.1) is 5.69 Å². The number of unbranched alkanes of at least 4 members (excludes halogenated alkanes) is 25. The fourth-order valence-electron chi connectivity index (χ4n) is 7.72. The van der Waals surface area contributed by atoms with E-state index < -0.39 is 0 Å². The van der Waals surface area contributed by atoms with Crippen molar-refractivity contribution in [3.05, 3.63) is 72.1 Å². The number of fused-ring (bicyclic) bond motifs is 1. The number of anilines is 1. The van der Waals surface area contributed by atoms with Crippen molar-refractivity contribution >= 4 is 23.8 Å². The normalized spacial score (nSPS) is 10.5. The third-order valence-corrected chi connectivity index (χ3v) is 12.5. The van der Waals surface area contributed by atoms with Crippen molar-refractivity contribution in [3.63, 3.8) is 0 Å². The Balaban J connectivity index is -0.000000144. The summed E-state index contributed by atoms with van der Waals surface area (Å²) in [6.07, 6.45) is 72.2. The first-order valence-corrected chi connectivity index (χ1v) is 34.2. The monoisotopic (exact) mass is 1110 g/mol. The summed E-state index contributed by atoms with van der Waals surface area (Å²) in [5.74, 6) is 1.74. The van der Waals surface area contributed by atoms with Crippen LogP contribution in [0.5, 0.6) is 0 Å². The van der Waals surface area contributed by atoms with Gasteiger partial charge in [0.2, 0.25) is 0 Å². The number of hydrogen-bond acceptors (Lipinski definition) is 4. The maximum atomic E-state index is 4.84. The molecule has 1 aliphatic rings. The van der Waals surface area contributed by atoms with Crippen molar-refractivity contribution < 1.29 is 0 Å². The molecule has 0 saturated heterocycles. The highest BCUT2D eigenvalue weighted by atomic mass is 15.0. The van der Waals surface area contributed by atoms with Crippen molar-refractivity contribution in [3.8, 4) is 12.8 Å². The van der Waals surface area contributed by atoms with Gasteiger partial charge in [0.15, 0.2) is 5.82 Å². The van der Waals surface area contributed by atoms with Gasteiger partial charge in [-0.2, -0.15) is 0 Å². The first-order chi connectivity index (χ1) is 38.7. The number of hydrogen-bond donors (Lipinski definition) is 2. The van der Waals surface area contributed by atoms with Gasteiger partial charge < -0.3 is 10.6 Å². The second-order valence-corrected chi connectivity index (χ2v) is 19.9. The molecule has 4 heteroatoms. The zero-order chi connectivity index (χ0) is 61.7. The summed E-state index contributed by atoms with van der Waals surface area (Å²) < 4.78 is 0. The summed E-state index contributed by atoms with van der Waals surface area (Å²) in [4.78, 5) is 9.39. The van der Waals surface area contributed by atoms with Crippen molar-refractivity contribution in [1.82, 2.24) is 10.3 Å². The molecule has 0 amide bonds. The Morgan fingerprint density at radius 3 is 1.30 bits per heavy atom. The minimum absolute atomic E-state index is 0.857. The molecule has 0 aliphatic heterocycles. The van der Waals surface area contributed by atoms with Crippen LogP contribution in [0.15, 0.2) is 60.3 Å². The molecule has 0 fully saturated rings. The second kappa shape index (κ2) is 91.3. The van der Waals surface area contributed by atoms with Crippen LogP contribution in [0.25, 0.3) is 6.08 Å². The molecule has 1 heterocycles. The van der Waals surface area contributed by atoms with Crippen molar-refractivity contribution in [2.75, 3.05) is 18.4 Å². The smallest absolute Gasteiger partial charge is 0.156 e. The summed E-state index contributed by atoms with van der Waals surface area (Å²) in [6, 6.07) is 0. The largest absolute Gasteiger partial charge is 0.343 e. The van der Waals surface area contributed by atoms with E-state index in [-0.39, 0.29) is 0 Å². The Kier molecular flexibility index (Phi) is 107. The van der Waals surface area contributed by atoms with Gasteiger partial charge in [-0.05, 0) is 129 Å². The molecule has 468 valence electrons. The van der Waals surface area contributed by atoms with Crippen LogP contribution in [0.3, 0.4) is 0 Å². The van der Waals surface area contributed by atoms with Gasteiger partial charge in [-0.15, -0.1) is 19.4 Å². The lowest BCUT2D eigenvalue weighted by Gasteiger charge is -2.19. The van der Waals surface area contributed by atoms with Gasteiger partial charge in [0.1, 0.15) is 5.69 Å². The van der Waals surface area contributed by atoms with Gasteiger partial charge in [-0.25, -0.2) is 4.98 Å². The quantitative estimate of drug-likeness (QED) is 0.0299. The topological polar surface area (TPSA) is 49.3 Å². The van der Waals surface area contributed by atoms with E-state index in [1.807, 2.05) is 75.5 Å². The minimum Gasteiger partial charge on any atom is -0.343 e. The van der Waals surface area contributed by atoms with E-state index >= 15 is 0 Å². The lowest BCUT2D eigenvalue weighted by atomic mass is 9.97. The number of rotatable bonds is 39. The number of aryl methyl sites for hydroxylation is 1. The van der Waals surface area contributed by atoms with Gasteiger partial charge in [0, 0.05) is 17.5 Å². The van der Waals surface area contributed by atoms with E-state index in [0.717, 1.165) is 42.4 Å². The zero-order valence-electron chi connectivity index (χ0n) is 57.8. The highest BCUT2D eigenvalue weighted by Gasteiger charge is 2.17. The zero-order valence-corrected chi connectivity index (χ0v) is 57.8. The number of aromatic nitrogens is 1. The molecular weight excluding hydrogens is 957 g/mol. The predicted molar refractivity (Wildman–Crippen MR) is 376 cm³/mol. The van der Waals surface area contributed by atoms with Crippen molar-refractivity contribution in [2.24, 2.45) is 10.9 Å². The number of allylic oxidation sites excluding steroid dienone is 7. The number of nitrogens with zero attached hydrogens (tertiary/aromatic N) is 2. The van der Waals surface area contributed by atoms with Crippen LogP contribution >= 0.6 is 0 Å². The molecule has 2 N–H and O–H groups in total. The maximum Gasteiger partial charge on any atom is 0.156 e. The summed E-state index contributed by atoms with van der Waals surface area (Å²) in [5, 5.41) is 7.05. The molecule has 0 bridgehead atoms.